The van der Waals surface area contributed by atoms with E-state index in [1.54, 1.807) is 0 Å². The van der Waals surface area contributed by atoms with Crippen molar-refractivity contribution in [2.45, 2.75) is 32.9 Å². The molecule has 0 unspecified atom stereocenters. The van der Waals surface area contributed by atoms with Crippen molar-refractivity contribution in [3.05, 3.63) is 24.0 Å². The lowest BCUT2D eigenvalue weighted by atomic mass is 10.3. The summed E-state index contributed by atoms with van der Waals surface area (Å²) in [7, 11) is 0. The number of nitrogens with one attached hydrogen (secondary N) is 2. The fourth-order valence-corrected chi connectivity index (χ4v) is 1.76. The molecule has 1 saturated carbocycles. The van der Waals surface area contributed by atoms with Crippen LogP contribution in [0.3, 0.4) is 0 Å². The number of hydrogen-bond donors (Lipinski definition) is 2. The van der Waals surface area contributed by atoms with Crippen LogP contribution in [-0.2, 0) is 17.9 Å². The molecule has 0 bridgehead atoms. The van der Waals surface area contributed by atoms with Crippen LogP contribution in [0, 0.1) is 5.92 Å². The number of nitrogens with zero attached hydrogens (tertiary/aromatic N) is 1. The third-order valence-corrected chi connectivity index (χ3v) is 3.00. The van der Waals surface area contributed by atoms with E-state index in [4.69, 9.17) is 0 Å². The Hall–Kier alpha value is -1.29. The molecule has 0 atom stereocenters. The standard InChI is InChI=1S/C13H21N3O/c1-2-14-7-12-5-6-16(9-12)10-13(17)15-8-11-3-4-11/h5-6,9,11,14H,2-4,7-8,10H2,1H3,(H,15,17). The highest BCUT2D eigenvalue weighted by atomic mass is 16.1. The van der Waals surface area contributed by atoms with Crippen LogP contribution in [0.2, 0.25) is 0 Å². The molecule has 0 aromatic carbocycles. The number of aromatic nitrogens is 1. The molecule has 1 heterocycles. The summed E-state index contributed by atoms with van der Waals surface area (Å²) in [6.07, 6.45) is 6.54. The number of carbonyl (C=O) groups is 1. The van der Waals surface area contributed by atoms with Crippen LogP contribution in [0.4, 0.5) is 0 Å². The monoisotopic (exact) mass is 235 g/mol. The summed E-state index contributed by atoms with van der Waals surface area (Å²) < 4.78 is 1.94. The molecule has 2 rings (SSSR count). The smallest absolute Gasteiger partial charge is 0.239 e. The van der Waals surface area contributed by atoms with E-state index in [0.29, 0.717) is 6.54 Å². The molecule has 17 heavy (non-hydrogen) atoms. The molecule has 1 aromatic rings. The van der Waals surface area contributed by atoms with Gasteiger partial charge in [-0.05, 0) is 36.9 Å². The van der Waals surface area contributed by atoms with E-state index in [-0.39, 0.29) is 5.91 Å². The molecular formula is C13H21N3O. The van der Waals surface area contributed by atoms with Crippen LogP contribution >= 0.6 is 0 Å². The molecule has 1 aliphatic carbocycles. The zero-order valence-electron chi connectivity index (χ0n) is 10.4. The Labute approximate surface area is 102 Å². The Morgan fingerprint density at radius 2 is 2.35 bits per heavy atom. The first-order valence-corrected chi connectivity index (χ1v) is 6.40. The van der Waals surface area contributed by atoms with Crippen molar-refractivity contribution in [1.82, 2.24) is 15.2 Å². The van der Waals surface area contributed by atoms with Gasteiger partial charge in [0.15, 0.2) is 0 Å². The maximum Gasteiger partial charge on any atom is 0.239 e. The average Bonchev–Trinajstić information content (AvgIpc) is 3.05. The van der Waals surface area contributed by atoms with E-state index in [9.17, 15) is 4.79 Å². The summed E-state index contributed by atoms with van der Waals surface area (Å²) >= 11 is 0. The zero-order chi connectivity index (χ0) is 12.1. The molecule has 1 amide bonds. The van der Waals surface area contributed by atoms with Crippen molar-refractivity contribution in [2.75, 3.05) is 13.1 Å². The van der Waals surface area contributed by atoms with Gasteiger partial charge in [-0.15, -0.1) is 0 Å². The third kappa shape index (κ3) is 4.23. The molecular weight excluding hydrogens is 214 g/mol. The van der Waals surface area contributed by atoms with E-state index in [1.807, 2.05) is 17.0 Å². The van der Waals surface area contributed by atoms with Crippen LogP contribution in [0.5, 0.6) is 0 Å². The minimum atomic E-state index is 0.113. The van der Waals surface area contributed by atoms with E-state index < -0.39 is 0 Å². The summed E-state index contributed by atoms with van der Waals surface area (Å²) in [4.78, 5) is 11.6. The lowest BCUT2D eigenvalue weighted by molar-refractivity contribution is -0.121. The summed E-state index contributed by atoms with van der Waals surface area (Å²) in [5, 5.41) is 6.24. The lowest BCUT2D eigenvalue weighted by Gasteiger charge is -2.04. The molecule has 0 aliphatic heterocycles. The topological polar surface area (TPSA) is 46.1 Å². The molecule has 4 nitrogen and oxygen atoms in total. The van der Waals surface area contributed by atoms with E-state index in [2.05, 4.69) is 23.6 Å². The van der Waals surface area contributed by atoms with Crippen LogP contribution < -0.4 is 10.6 Å². The SMILES string of the molecule is CCNCc1ccn(CC(=O)NCC2CC2)c1. The first kappa shape index (κ1) is 12.2. The molecule has 1 fully saturated rings. The second-order valence-electron chi connectivity index (χ2n) is 4.72. The van der Waals surface area contributed by atoms with Crippen LogP contribution in [0.1, 0.15) is 25.3 Å². The molecule has 94 valence electrons. The number of carbonyl (C=O) groups excluding carboxylic acids is 1. The lowest BCUT2D eigenvalue weighted by Crippen LogP contribution is -2.28. The fraction of sp³-hybridized carbons (Fsp3) is 0.615. The van der Waals surface area contributed by atoms with Crippen molar-refractivity contribution in [1.29, 1.82) is 0 Å². The minimum absolute atomic E-state index is 0.113. The van der Waals surface area contributed by atoms with Gasteiger partial charge in [0.05, 0.1) is 0 Å². The number of hydrogen-bond acceptors (Lipinski definition) is 2. The van der Waals surface area contributed by atoms with Crippen LogP contribution in [-0.4, -0.2) is 23.6 Å². The minimum Gasteiger partial charge on any atom is -0.354 e. The zero-order valence-corrected chi connectivity index (χ0v) is 10.4. The van der Waals surface area contributed by atoms with Gasteiger partial charge in [-0.1, -0.05) is 6.92 Å². The Morgan fingerprint density at radius 3 is 3.06 bits per heavy atom. The largest absolute Gasteiger partial charge is 0.354 e. The van der Waals surface area contributed by atoms with Crippen molar-refractivity contribution in [3.8, 4) is 0 Å². The molecule has 1 aromatic heterocycles. The van der Waals surface area contributed by atoms with E-state index >= 15 is 0 Å². The average molecular weight is 235 g/mol. The van der Waals surface area contributed by atoms with Gasteiger partial charge in [-0.2, -0.15) is 0 Å². The van der Waals surface area contributed by atoms with Gasteiger partial charge in [-0.25, -0.2) is 0 Å². The molecule has 0 saturated heterocycles. The fourth-order valence-electron chi connectivity index (χ4n) is 1.76. The van der Waals surface area contributed by atoms with Gasteiger partial charge in [-0.3, -0.25) is 4.79 Å². The van der Waals surface area contributed by atoms with Gasteiger partial charge >= 0.3 is 0 Å². The van der Waals surface area contributed by atoms with Gasteiger partial charge in [0.2, 0.25) is 5.91 Å². The summed E-state index contributed by atoms with van der Waals surface area (Å²) in [5.74, 6) is 0.857. The van der Waals surface area contributed by atoms with Crippen molar-refractivity contribution in [2.24, 2.45) is 5.92 Å². The highest BCUT2D eigenvalue weighted by Gasteiger charge is 2.21. The molecule has 0 radical (unpaired) electrons. The predicted molar refractivity (Wildman–Crippen MR) is 67.5 cm³/mol. The van der Waals surface area contributed by atoms with E-state index in [1.165, 1.54) is 18.4 Å². The highest BCUT2D eigenvalue weighted by molar-refractivity contribution is 5.75. The predicted octanol–water partition coefficient (Wildman–Crippen LogP) is 1.12. The van der Waals surface area contributed by atoms with E-state index in [0.717, 1.165) is 25.6 Å². The number of amides is 1. The normalized spacial score (nSPS) is 14.9. The maximum atomic E-state index is 11.6. The Balaban J connectivity index is 1.72. The van der Waals surface area contributed by atoms with Gasteiger partial charge < -0.3 is 15.2 Å². The third-order valence-electron chi connectivity index (χ3n) is 3.00. The van der Waals surface area contributed by atoms with Gasteiger partial charge in [0, 0.05) is 25.5 Å². The van der Waals surface area contributed by atoms with Crippen LogP contribution in [0.25, 0.3) is 0 Å². The summed E-state index contributed by atoms with van der Waals surface area (Å²) in [6, 6.07) is 2.05. The quantitative estimate of drug-likeness (QED) is 0.744. The number of rotatable bonds is 7. The van der Waals surface area contributed by atoms with Crippen LogP contribution in [0.15, 0.2) is 18.5 Å². The Bertz CT molecular complexity index is 368. The van der Waals surface area contributed by atoms with Gasteiger partial charge in [0.25, 0.3) is 0 Å². The molecule has 1 aliphatic rings. The maximum absolute atomic E-state index is 11.6. The first-order valence-electron chi connectivity index (χ1n) is 6.40. The second-order valence-corrected chi connectivity index (χ2v) is 4.72. The van der Waals surface area contributed by atoms with Crippen molar-refractivity contribution in [3.63, 3.8) is 0 Å². The molecule has 4 heteroatoms. The van der Waals surface area contributed by atoms with Crippen molar-refractivity contribution >= 4 is 5.91 Å². The molecule has 2 N–H and O–H groups in total. The summed E-state index contributed by atoms with van der Waals surface area (Å²) in [6.45, 7) is 5.20. The Kier molecular flexibility index (Phi) is 4.20. The Morgan fingerprint density at radius 1 is 1.53 bits per heavy atom. The van der Waals surface area contributed by atoms with Gasteiger partial charge in [0.1, 0.15) is 6.54 Å². The highest BCUT2D eigenvalue weighted by Crippen LogP contribution is 2.27. The molecule has 0 spiro atoms. The second kappa shape index (κ2) is 5.87. The first-order chi connectivity index (χ1) is 8.28. The van der Waals surface area contributed by atoms with Crippen molar-refractivity contribution < 1.29 is 4.79 Å². The summed E-state index contributed by atoms with van der Waals surface area (Å²) in [5.41, 5.74) is 1.22.